The topological polar surface area (TPSA) is 47.6 Å². The summed E-state index contributed by atoms with van der Waals surface area (Å²) in [4.78, 5) is 11.7. The first-order chi connectivity index (χ1) is 11.7. The fourth-order valence-corrected chi connectivity index (χ4v) is 3.42. The predicted octanol–water partition coefficient (Wildman–Crippen LogP) is 4.02. The molecule has 0 saturated heterocycles. The second-order valence-corrected chi connectivity index (χ2v) is 6.29. The molecule has 3 rings (SSSR count). The Morgan fingerprint density at radius 2 is 2.17 bits per heavy atom. The van der Waals surface area contributed by atoms with E-state index in [1.54, 1.807) is 7.11 Å². The molecule has 1 atom stereocenters. The number of rotatable bonds is 6. The Kier molecular flexibility index (Phi) is 5.24. The normalized spacial score (nSPS) is 16.3. The van der Waals surface area contributed by atoms with Gasteiger partial charge >= 0.3 is 0 Å². The first kappa shape index (κ1) is 16.6. The Bertz CT molecular complexity index is 721. The minimum absolute atomic E-state index is 0.143. The Labute approximate surface area is 143 Å². The lowest BCUT2D eigenvalue weighted by Gasteiger charge is -2.27. The van der Waals surface area contributed by atoms with E-state index in [1.807, 2.05) is 13.0 Å². The summed E-state index contributed by atoms with van der Waals surface area (Å²) >= 11 is 0. The van der Waals surface area contributed by atoms with Crippen molar-refractivity contribution < 1.29 is 14.3 Å². The molecule has 0 radical (unpaired) electrons. The van der Waals surface area contributed by atoms with Crippen LogP contribution in [-0.4, -0.2) is 26.2 Å². The molecule has 2 aromatic carbocycles. The lowest BCUT2D eigenvalue weighted by atomic mass is 9.86. The summed E-state index contributed by atoms with van der Waals surface area (Å²) in [7, 11) is 1.69. The van der Waals surface area contributed by atoms with Gasteiger partial charge in [0.25, 0.3) is 0 Å². The van der Waals surface area contributed by atoms with Crippen LogP contribution in [-0.2, 0) is 4.79 Å². The van der Waals surface area contributed by atoms with Crippen molar-refractivity contribution in [2.75, 3.05) is 20.3 Å². The number of nitrogens with one attached hydrogen (secondary N) is 1. The van der Waals surface area contributed by atoms with Crippen molar-refractivity contribution in [2.24, 2.45) is 0 Å². The van der Waals surface area contributed by atoms with E-state index in [9.17, 15) is 4.79 Å². The van der Waals surface area contributed by atoms with Gasteiger partial charge in [-0.2, -0.15) is 0 Å². The number of amides is 1. The van der Waals surface area contributed by atoms with Gasteiger partial charge in [-0.25, -0.2) is 0 Å². The highest BCUT2D eigenvalue weighted by atomic mass is 16.5. The maximum absolute atomic E-state index is 11.7. The molecule has 0 fully saturated rings. The van der Waals surface area contributed by atoms with Gasteiger partial charge in [-0.3, -0.25) is 4.79 Å². The number of hydrogen-bond donors (Lipinski definition) is 1. The average molecular weight is 327 g/mol. The van der Waals surface area contributed by atoms with Crippen LogP contribution in [0, 0.1) is 0 Å². The molecule has 0 spiro atoms. The van der Waals surface area contributed by atoms with Crippen molar-refractivity contribution in [3.8, 4) is 11.5 Å². The van der Waals surface area contributed by atoms with Crippen LogP contribution in [0.4, 0.5) is 0 Å². The molecule has 1 aliphatic heterocycles. The molecule has 1 heterocycles. The highest BCUT2D eigenvalue weighted by Gasteiger charge is 2.24. The molecule has 0 aliphatic carbocycles. The molecule has 1 aliphatic rings. The van der Waals surface area contributed by atoms with E-state index in [0.717, 1.165) is 37.4 Å². The molecule has 0 aromatic heterocycles. The van der Waals surface area contributed by atoms with E-state index in [4.69, 9.17) is 9.47 Å². The van der Waals surface area contributed by atoms with E-state index in [1.165, 1.54) is 16.3 Å². The van der Waals surface area contributed by atoms with Gasteiger partial charge in [0.1, 0.15) is 11.5 Å². The lowest BCUT2D eigenvalue weighted by molar-refractivity contribution is -0.121. The molecule has 2 aromatic rings. The van der Waals surface area contributed by atoms with Gasteiger partial charge in [-0.1, -0.05) is 19.1 Å². The zero-order valence-electron chi connectivity index (χ0n) is 14.4. The Hall–Kier alpha value is -2.23. The molecule has 4 heteroatoms. The van der Waals surface area contributed by atoms with Gasteiger partial charge in [0, 0.05) is 18.5 Å². The SMILES string of the molecule is CCCC(=O)NCCC1CCOc2ccc3ccc(OC)cc3c21. The number of carbonyl (C=O) groups excluding carboxylic acids is 1. The van der Waals surface area contributed by atoms with Crippen molar-refractivity contribution in [3.63, 3.8) is 0 Å². The fourth-order valence-electron chi connectivity index (χ4n) is 3.42. The predicted molar refractivity (Wildman–Crippen MR) is 95.9 cm³/mol. The van der Waals surface area contributed by atoms with Crippen molar-refractivity contribution in [3.05, 3.63) is 35.9 Å². The van der Waals surface area contributed by atoms with Gasteiger partial charge in [0.2, 0.25) is 5.91 Å². The van der Waals surface area contributed by atoms with Gasteiger partial charge in [-0.05, 0) is 54.2 Å². The highest BCUT2D eigenvalue weighted by molar-refractivity contribution is 5.89. The third-order valence-electron chi connectivity index (χ3n) is 4.65. The summed E-state index contributed by atoms with van der Waals surface area (Å²) in [5, 5.41) is 5.41. The van der Waals surface area contributed by atoms with Crippen LogP contribution in [0.3, 0.4) is 0 Å². The lowest BCUT2D eigenvalue weighted by Crippen LogP contribution is -2.26. The first-order valence-corrected chi connectivity index (χ1v) is 8.73. The van der Waals surface area contributed by atoms with Crippen molar-refractivity contribution in [1.82, 2.24) is 5.32 Å². The number of fused-ring (bicyclic) bond motifs is 3. The number of methoxy groups -OCH3 is 1. The van der Waals surface area contributed by atoms with Crippen LogP contribution in [0.5, 0.6) is 11.5 Å². The fraction of sp³-hybridized carbons (Fsp3) is 0.450. The zero-order valence-corrected chi connectivity index (χ0v) is 14.4. The summed E-state index contributed by atoms with van der Waals surface area (Å²) in [6, 6.07) is 10.3. The molecule has 0 saturated carbocycles. The van der Waals surface area contributed by atoms with Crippen molar-refractivity contribution in [2.45, 2.75) is 38.5 Å². The summed E-state index contributed by atoms with van der Waals surface area (Å²) < 4.78 is 11.3. The van der Waals surface area contributed by atoms with Gasteiger partial charge in [0.05, 0.1) is 13.7 Å². The van der Waals surface area contributed by atoms with Crippen LogP contribution in [0.15, 0.2) is 30.3 Å². The zero-order chi connectivity index (χ0) is 16.9. The largest absolute Gasteiger partial charge is 0.497 e. The number of carbonyl (C=O) groups is 1. The third-order valence-corrected chi connectivity index (χ3v) is 4.65. The molecule has 1 N–H and O–H groups in total. The van der Waals surface area contributed by atoms with E-state index >= 15 is 0 Å². The van der Waals surface area contributed by atoms with Crippen LogP contribution in [0.25, 0.3) is 10.8 Å². The minimum atomic E-state index is 0.143. The summed E-state index contributed by atoms with van der Waals surface area (Å²) in [6.45, 7) is 3.47. The van der Waals surface area contributed by atoms with Crippen LogP contribution in [0.1, 0.15) is 44.1 Å². The molecule has 128 valence electrons. The second-order valence-electron chi connectivity index (χ2n) is 6.29. The monoisotopic (exact) mass is 327 g/mol. The standard InChI is InChI=1S/C20H25NO3/c1-3-4-19(22)21-11-9-15-10-12-24-18-8-6-14-5-7-16(23-2)13-17(14)20(15)18/h5-8,13,15H,3-4,9-12H2,1-2H3,(H,21,22). The summed E-state index contributed by atoms with van der Waals surface area (Å²) in [5.41, 5.74) is 1.25. The third kappa shape index (κ3) is 3.48. The van der Waals surface area contributed by atoms with E-state index in [-0.39, 0.29) is 5.91 Å². The van der Waals surface area contributed by atoms with Gasteiger partial charge in [0.15, 0.2) is 0 Å². The Morgan fingerprint density at radius 1 is 1.33 bits per heavy atom. The van der Waals surface area contributed by atoms with Crippen LogP contribution >= 0.6 is 0 Å². The number of ether oxygens (including phenoxy) is 2. The Morgan fingerprint density at radius 3 is 2.96 bits per heavy atom. The molecular formula is C20H25NO3. The second kappa shape index (κ2) is 7.56. The first-order valence-electron chi connectivity index (χ1n) is 8.73. The molecule has 24 heavy (non-hydrogen) atoms. The van der Waals surface area contributed by atoms with Gasteiger partial charge < -0.3 is 14.8 Å². The quantitative estimate of drug-likeness (QED) is 0.871. The Balaban J connectivity index is 1.84. The van der Waals surface area contributed by atoms with Crippen LogP contribution < -0.4 is 14.8 Å². The summed E-state index contributed by atoms with van der Waals surface area (Å²) in [6.07, 6.45) is 3.40. The van der Waals surface area contributed by atoms with Crippen molar-refractivity contribution in [1.29, 1.82) is 0 Å². The van der Waals surface area contributed by atoms with E-state index in [2.05, 4.69) is 29.6 Å². The van der Waals surface area contributed by atoms with Gasteiger partial charge in [-0.15, -0.1) is 0 Å². The molecule has 0 bridgehead atoms. The maximum atomic E-state index is 11.7. The minimum Gasteiger partial charge on any atom is -0.497 e. The molecule has 4 nitrogen and oxygen atoms in total. The summed E-state index contributed by atoms with van der Waals surface area (Å²) in [5.74, 6) is 2.36. The smallest absolute Gasteiger partial charge is 0.219 e. The molecular weight excluding hydrogens is 302 g/mol. The number of hydrogen-bond acceptors (Lipinski definition) is 3. The van der Waals surface area contributed by atoms with Crippen LogP contribution in [0.2, 0.25) is 0 Å². The highest BCUT2D eigenvalue weighted by Crippen LogP contribution is 2.41. The van der Waals surface area contributed by atoms with E-state index in [0.29, 0.717) is 18.9 Å². The maximum Gasteiger partial charge on any atom is 0.219 e. The molecule has 1 amide bonds. The average Bonchev–Trinajstić information content (AvgIpc) is 2.61. The molecule has 1 unspecified atom stereocenters. The van der Waals surface area contributed by atoms with Crippen molar-refractivity contribution >= 4 is 16.7 Å². The number of benzene rings is 2. The van der Waals surface area contributed by atoms with E-state index < -0.39 is 0 Å².